The molecular formula is C6H12SSi. The first-order chi connectivity index (χ1) is 4.00. The Kier molecular flexibility index (Phi) is 3.71. The number of rotatable bonds is 0. The van der Waals surface area contributed by atoms with Crippen LogP contribution in [0.25, 0.3) is 0 Å². The average Bonchev–Trinajstić information content (AvgIpc) is 1.62. The van der Waals surface area contributed by atoms with Gasteiger partial charge in [-0.05, 0) is 24.3 Å². The van der Waals surface area contributed by atoms with Gasteiger partial charge in [0.25, 0.3) is 0 Å². The highest BCUT2D eigenvalue weighted by molar-refractivity contribution is 7.99. The molecule has 0 saturated carbocycles. The molecule has 0 aliphatic carbocycles. The first-order valence-corrected chi connectivity index (χ1v) is 5.85. The van der Waals surface area contributed by atoms with E-state index in [4.69, 9.17) is 0 Å². The molecule has 1 aliphatic heterocycles. The minimum Gasteiger partial charge on any atom is -0.162 e. The molecule has 1 fully saturated rings. The Bertz CT molecular complexity index is 32.5. The molecule has 2 radical (unpaired) electrons. The third-order valence-corrected chi connectivity index (χ3v) is 3.85. The van der Waals surface area contributed by atoms with E-state index in [0.29, 0.717) is 0 Å². The van der Waals surface area contributed by atoms with E-state index in [-0.39, 0.29) is 0 Å². The van der Waals surface area contributed by atoms with Gasteiger partial charge in [-0.2, -0.15) is 11.8 Å². The summed E-state index contributed by atoms with van der Waals surface area (Å²) in [7, 11) is 1.28. The molecule has 46 valence electrons. The molecule has 1 saturated heterocycles. The topological polar surface area (TPSA) is 0 Å². The zero-order valence-electron chi connectivity index (χ0n) is 5.15. The Morgan fingerprint density at radius 3 is 2.25 bits per heavy atom. The van der Waals surface area contributed by atoms with Gasteiger partial charge >= 0.3 is 0 Å². The van der Waals surface area contributed by atoms with Gasteiger partial charge in [-0.25, -0.2) is 0 Å². The van der Waals surface area contributed by atoms with Crippen LogP contribution in [0.2, 0.25) is 12.1 Å². The second-order valence-corrected chi connectivity index (χ2v) is 4.79. The Morgan fingerprint density at radius 1 is 1.00 bits per heavy atom. The van der Waals surface area contributed by atoms with Crippen LogP contribution in [0.1, 0.15) is 12.8 Å². The predicted octanol–water partition coefficient (Wildman–Crippen LogP) is 2.05. The molecule has 0 atom stereocenters. The third-order valence-electron chi connectivity index (χ3n) is 1.28. The molecule has 0 amide bonds. The van der Waals surface area contributed by atoms with E-state index >= 15 is 0 Å². The normalized spacial score (nSPS) is 24.0. The molecule has 0 aromatic carbocycles. The van der Waals surface area contributed by atoms with Gasteiger partial charge in [0.1, 0.15) is 0 Å². The standard InChI is InChI=1S/C6H12SSi/c1-3-7-4-2-6-8-5-1/h1-6H2. The smallest absolute Gasteiger partial charge is 0.0378 e. The predicted molar refractivity (Wildman–Crippen MR) is 41.9 cm³/mol. The molecule has 1 aliphatic rings. The van der Waals surface area contributed by atoms with E-state index < -0.39 is 0 Å². The second-order valence-electron chi connectivity index (χ2n) is 2.07. The van der Waals surface area contributed by atoms with Crippen molar-refractivity contribution < 1.29 is 0 Å². The molecule has 0 aromatic rings. The van der Waals surface area contributed by atoms with Gasteiger partial charge < -0.3 is 0 Å². The van der Waals surface area contributed by atoms with E-state index in [0.717, 1.165) is 0 Å². The first kappa shape index (κ1) is 6.68. The van der Waals surface area contributed by atoms with E-state index in [1.807, 2.05) is 0 Å². The summed E-state index contributed by atoms with van der Waals surface area (Å²) in [4.78, 5) is 0. The molecular weight excluding hydrogens is 132 g/mol. The lowest BCUT2D eigenvalue weighted by Gasteiger charge is -2.04. The molecule has 1 heterocycles. The Morgan fingerprint density at radius 2 is 1.62 bits per heavy atom. The monoisotopic (exact) mass is 144 g/mol. The van der Waals surface area contributed by atoms with Crippen molar-refractivity contribution >= 4 is 21.3 Å². The van der Waals surface area contributed by atoms with Crippen molar-refractivity contribution in [2.45, 2.75) is 24.9 Å². The lowest BCUT2D eigenvalue weighted by molar-refractivity contribution is 1.01. The Balaban J connectivity index is 2.00. The first-order valence-electron chi connectivity index (χ1n) is 3.28. The fourth-order valence-electron chi connectivity index (χ4n) is 0.826. The van der Waals surface area contributed by atoms with Gasteiger partial charge in [0.05, 0.1) is 0 Å². The summed E-state index contributed by atoms with van der Waals surface area (Å²) in [6, 6.07) is 3.01. The van der Waals surface area contributed by atoms with E-state index in [2.05, 4.69) is 11.8 Å². The maximum Gasteiger partial charge on any atom is 0.0378 e. The van der Waals surface area contributed by atoms with Crippen LogP contribution < -0.4 is 0 Å². The molecule has 8 heavy (non-hydrogen) atoms. The fourth-order valence-corrected chi connectivity index (χ4v) is 3.34. The largest absolute Gasteiger partial charge is 0.162 e. The lowest BCUT2D eigenvalue weighted by atomic mass is 10.5. The lowest BCUT2D eigenvalue weighted by Crippen LogP contribution is -1.96. The highest BCUT2D eigenvalue weighted by Crippen LogP contribution is 2.12. The summed E-state index contributed by atoms with van der Waals surface area (Å²) in [6.07, 6.45) is 2.95. The third kappa shape index (κ3) is 2.77. The van der Waals surface area contributed by atoms with Crippen molar-refractivity contribution in [3.05, 3.63) is 0 Å². The van der Waals surface area contributed by atoms with Crippen LogP contribution in [0.5, 0.6) is 0 Å². The number of hydrogen-bond donors (Lipinski definition) is 0. The Labute approximate surface area is 58.3 Å². The van der Waals surface area contributed by atoms with Gasteiger partial charge in [-0.1, -0.05) is 12.1 Å². The SMILES string of the molecule is C1C[Si]CCCSC1. The van der Waals surface area contributed by atoms with E-state index in [1.165, 1.54) is 46.0 Å². The fraction of sp³-hybridized carbons (Fsp3) is 1.00. The van der Waals surface area contributed by atoms with Crippen LogP contribution in [-0.4, -0.2) is 21.0 Å². The zero-order valence-corrected chi connectivity index (χ0v) is 6.97. The van der Waals surface area contributed by atoms with Gasteiger partial charge in [0.15, 0.2) is 0 Å². The molecule has 2 heteroatoms. The van der Waals surface area contributed by atoms with Gasteiger partial charge in [0.2, 0.25) is 0 Å². The minimum atomic E-state index is 1.28. The van der Waals surface area contributed by atoms with E-state index in [9.17, 15) is 0 Å². The van der Waals surface area contributed by atoms with Crippen LogP contribution in [0.3, 0.4) is 0 Å². The highest BCUT2D eigenvalue weighted by Gasteiger charge is 1.96. The van der Waals surface area contributed by atoms with Crippen molar-refractivity contribution in [2.24, 2.45) is 0 Å². The van der Waals surface area contributed by atoms with Crippen molar-refractivity contribution in [3.63, 3.8) is 0 Å². The molecule has 0 aromatic heterocycles. The molecule has 0 N–H and O–H groups in total. The van der Waals surface area contributed by atoms with Crippen molar-refractivity contribution in [2.75, 3.05) is 11.5 Å². The quantitative estimate of drug-likeness (QED) is 0.469. The highest BCUT2D eigenvalue weighted by atomic mass is 32.2. The van der Waals surface area contributed by atoms with Crippen LogP contribution in [0.4, 0.5) is 0 Å². The molecule has 0 bridgehead atoms. The van der Waals surface area contributed by atoms with Crippen LogP contribution in [-0.2, 0) is 0 Å². The van der Waals surface area contributed by atoms with Crippen molar-refractivity contribution in [1.82, 2.24) is 0 Å². The van der Waals surface area contributed by atoms with Gasteiger partial charge in [-0.15, -0.1) is 0 Å². The second kappa shape index (κ2) is 4.45. The minimum absolute atomic E-state index is 1.28. The summed E-state index contributed by atoms with van der Waals surface area (Å²) < 4.78 is 0. The molecule has 1 rings (SSSR count). The van der Waals surface area contributed by atoms with Gasteiger partial charge in [-0.3, -0.25) is 0 Å². The summed E-state index contributed by atoms with van der Waals surface area (Å²) in [5, 5.41) is 0. The summed E-state index contributed by atoms with van der Waals surface area (Å²) >= 11 is 2.13. The number of thioether (sulfide) groups is 1. The average molecular weight is 144 g/mol. The summed E-state index contributed by atoms with van der Waals surface area (Å²) in [6.45, 7) is 0. The van der Waals surface area contributed by atoms with Gasteiger partial charge in [0, 0.05) is 9.52 Å². The van der Waals surface area contributed by atoms with Crippen LogP contribution >= 0.6 is 11.8 Å². The van der Waals surface area contributed by atoms with E-state index in [1.54, 1.807) is 0 Å². The summed E-state index contributed by atoms with van der Waals surface area (Å²) in [5.41, 5.74) is 0. The maximum absolute atomic E-state index is 2.13. The molecule has 0 spiro atoms. The van der Waals surface area contributed by atoms with Crippen molar-refractivity contribution in [1.29, 1.82) is 0 Å². The summed E-state index contributed by atoms with van der Waals surface area (Å²) in [5.74, 6) is 2.85. The van der Waals surface area contributed by atoms with Crippen molar-refractivity contribution in [3.8, 4) is 0 Å². The molecule has 0 nitrogen and oxygen atoms in total. The number of hydrogen-bond acceptors (Lipinski definition) is 1. The zero-order chi connectivity index (χ0) is 5.66. The van der Waals surface area contributed by atoms with Crippen LogP contribution in [0.15, 0.2) is 0 Å². The molecule has 0 unspecified atom stereocenters. The maximum atomic E-state index is 2.13. The van der Waals surface area contributed by atoms with Crippen LogP contribution in [0, 0.1) is 0 Å². The Hall–Kier alpha value is 0.567.